The second-order valence-electron chi connectivity index (χ2n) is 2.82. The van der Waals surface area contributed by atoms with E-state index >= 15 is 0 Å². The Balaban J connectivity index is 2.85. The molecule has 1 atom stereocenters. The summed E-state index contributed by atoms with van der Waals surface area (Å²) in [5, 5.41) is 9.78. The molecule has 0 radical (unpaired) electrons. The van der Waals surface area contributed by atoms with Crippen molar-refractivity contribution in [1.82, 2.24) is 0 Å². The summed E-state index contributed by atoms with van der Waals surface area (Å²) in [6.45, 7) is 0. The van der Waals surface area contributed by atoms with Crippen molar-refractivity contribution in [1.29, 1.82) is 0 Å². The lowest BCUT2D eigenvalue weighted by Gasteiger charge is -2.08. The van der Waals surface area contributed by atoms with Gasteiger partial charge in [0.25, 0.3) is 10.1 Å². The largest absolute Gasteiger partial charge is 0.387 e. The van der Waals surface area contributed by atoms with E-state index in [1.54, 1.807) is 12.1 Å². The van der Waals surface area contributed by atoms with Gasteiger partial charge in [-0.3, -0.25) is 4.55 Å². The molecule has 0 aliphatic heterocycles. The first kappa shape index (κ1) is 11.5. The zero-order chi connectivity index (χ0) is 10.8. The van der Waals surface area contributed by atoms with Gasteiger partial charge in [0.15, 0.2) is 0 Å². The predicted molar refractivity (Wildman–Crippen MR) is 52.8 cm³/mol. The SMILES string of the molecule is O=S(=O)(O)CC(O)c1cccc(Cl)c1. The molecule has 0 aliphatic carbocycles. The standard InChI is InChI=1S/C8H9ClO4S/c9-7-3-1-2-6(4-7)8(10)5-14(11,12)13/h1-4,8,10H,5H2,(H,11,12,13). The van der Waals surface area contributed by atoms with Crippen molar-refractivity contribution < 1.29 is 18.1 Å². The summed E-state index contributed by atoms with van der Waals surface area (Å²) in [5.74, 6) is -0.729. The van der Waals surface area contributed by atoms with Crippen molar-refractivity contribution in [3.8, 4) is 0 Å². The molecular formula is C8H9ClO4S. The van der Waals surface area contributed by atoms with E-state index in [0.717, 1.165) is 0 Å². The van der Waals surface area contributed by atoms with E-state index in [9.17, 15) is 13.5 Å². The van der Waals surface area contributed by atoms with Gasteiger partial charge in [-0.15, -0.1) is 0 Å². The van der Waals surface area contributed by atoms with Gasteiger partial charge in [-0.1, -0.05) is 23.7 Å². The maximum absolute atomic E-state index is 10.5. The molecule has 2 N–H and O–H groups in total. The van der Waals surface area contributed by atoms with Crippen LogP contribution in [0, 0.1) is 0 Å². The molecule has 1 rings (SSSR count). The van der Waals surface area contributed by atoms with Gasteiger partial charge >= 0.3 is 0 Å². The number of benzene rings is 1. The first-order chi connectivity index (χ1) is 6.38. The zero-order valence-electron chi connectivity index (χ0n) is 7.09. The Labute approximate surface area is 86.9 Å². The van der Waals surface area contributed by atoms with Crippen LogP contribution in [0.1, 0.15) is 11.7 Å². The molecule has 0 fully saturated rings. The molecule has 0 saturated heterocycles. The lowest BCUT2D eigenvalue weighted by atomic mass is 10.1. The fourth-order valence-corrected chi connectivity index (χ4v) is 1.80. The molecule has 0 amide bonds. The van der Waals surface area contributed by atoms with E-state index < -0.39 is 22.0 Å². The molecule has 78 valence electrons. The number of aliphatic hydroxyl groups excluding tert-OH is 1. The fourth-order valence-electron chi connectivity index (χ4n) is 1.01. The Morgan fingerprint density at radius 3 is 2.57 bits per heavy atom. The Hall–Kier alpha value is -0.620. The average molecular weight is 237 g/mol. The van der Waals surface area contributed by atoms with E-state index in [1.165, 1.54) is 12.1 Å². The topological polar surface area (TPSA) is 74.6 Å². The quantitative estimate of drug-likeness (QED) is 0.775. The smallest absolute Gasteiger partial charge is 0.267 e. The third-order valence-corrected chi connectivity index (χ3v) is 2.57. The summed E-state index contributed by atoms with van der Waals surface area (Å²) in [6, 6.07) is 6.16. The van der Waals surface area contributed by atoms with Crippen LogP contribution in [0.2, 0.25) is 5.02 Å². The van der Waals surface area contributed by atoms with E-state index in [1.807, 2.05) is 0 Å². The molecule has 0 bridgehead atoms. The summed E-state index contributed by atoms with van der Waals surface area (Å²) >= 11 is 5.64. The van der Waals surface area contributed by atoms with Crippen LogP contribution in [0.4, 0.5) is 0 Å². The summed E-state index contributed by atoms with van der Waals surface area (Å²) in [6.07, 6.45) is -1.26. The maximum atomic E-state index is 10.5. The van der Waals surface area contributed by atoms with Gasteiger partial charge in [0.05, 0.1) is 6.10 Å². The summed E-state index contributed by atoms with van der Waals surface area (Å²) in [4.78, 5) is 0. The monoisotopic (exact) mass is 236 g/mol. The van der Waals surface area contributed by atoms with Crippen LogP contribution in [-0.4, -0.2) is 23.8 Å². The van der Waals surface area contributed by atoms with Crippen molar-refractivity contribution in [3.63, 3.8) is 0 Å². The summed E-state index contributed by atoms with van der Waals surface area (Å²) < 4.78 is 29.4. The van der Waals surface area contributed by atoms with Crippen LogP contribution in [-0.2, 0) is 10.1 Å². The molecule has 0 aromatic heterocycles. The van der Waals surface area contributed by atoms with Crippen LogP contribution in [0.3, 0.4) is 0 Å². The first-order valence-corrected chi connectivity index (χ1v) is 5.76. The van der Waals surface area contributed by atoms with Crippen LogP contribution < -0.4 is 0 Å². The molecule has 4 nitrogen and oxygen atoms in total. The number of hydrogen-bond acceptors (Lipinski definition) is 3. The van der Waals surface area contributed by atoms with Gasteiger partial charge in [0.2, 0.25) is 0 Å². The van der Waals surface area contributed by atoms with Crippen LogP contribution in [0.25, 0.3) is 0 Å². The molecule has 1 aromatic carbocycles. The molecule has 0 heterocycles. The third kappa shape index (κ3) is 3.63. The minimum absolute atomic E-state index is 0.357. The Morgan fingerprint density at radius 2 is 2.07 bits per heavy atom. The van der Waals surface area contributed by atoms with Crippen molar-refractivity contribution in [2.45, 2.75) is 6.10 Å². The molecule has 1 aromatic rings. The molecule has 0 spiro atoms. The Morgan fingerprint density at radius 1 is 1.43 bits per heavy atom. The van der Waals surface area contributed by atoms with Gasteiger partial charge < -0.3 is 5.11 Å². The van der Waals surface area contributed by atoms with Crippen LogP contribution >= 0.6 is 11.6 Å². The third-order valence-electron chi connectivity index (χ3n) is 1.60. The molecule has 1 unspecified atom stereocenters. The lowest BCUT2D eigenvalue weighted by molar-refractivity contribution is 0.199. The summed E-state index contributed by atoms with van der Waals surface area (Å²) in [7, 11) is -4.18. The van der Waals surface area contributed by atoms with Gasteiger partial charge in [-0.25, -0.2) is 0 Å². The highest BCUT2D eigenvalue weighted by molar-refractivity contribution is 7.85. The number of hydrogen-bond donors (Lipinski definition) is 2. The number of halogens is 1. The van der Waals surface area contributed by atoms with E-state index in [-0.39, 0.29) is 0 Å². The second kappa shape index (κ2) is 4.27. The average Bonchev–Trinajstić information content (AvgIpc) is 2.01. The molecule has 0 aliphatic rings. The van der Waals surface area contributed by atoms with E-state index in [4.69, 9.17) is 16.2 Å². The van der Waals surface area contributed by atoms with Gasteiger partial charge in [-0.05, 0) is 17.7 Å². The normalized spacial score (nSPS) is 13.9. The number of aliphatic hydroxyl groups is 1. The van der Waals surface area contributed by atoms with Crippen LogP contribution in [0.15, 0.2) is 24.3 Å². The highest BCUT2D eigenvalue weighted by atomic mass is 35.5. The van der Waals surface area contributed by atoms with Gasteiger partial charge in [-0.2, -0.15) is 8.42 Å². The van der Waals surface area contributed by atoms with E-state index in [2.05, 4.69) is 0 Å². The molecule has 14 heavy (non-hydrogen) atoms. The van der Waals surface area contributed by atoms with Crippen molar-refractivity contribution >= 4 is 21.7 Å². The minimum atomic E-state index is -4.18. The van der Waals surface area contributed by atoms with Gasteiger partial charge in [0.1, 0.15) is 5.75 Å². The van der Waals surface area contributed by atoms with Crippen molar-refractivity contribution in [2.75, 3.05) is 5.75 Å². The Kier molecular flexibility index (Phi) is 3.49. The lowest BCUT2D eigenvalue weighted by Crippen LogP contribution is -2.13. The first-order valence-electron chi connectivity index (χ1n) is 3.77. The number of rotatable bonds is 3. The fraction of sp³-hybridized carbons (Fsp3) is 0.250. The zero-order valence-corrected chi connectivity index (χ0v) is 8.66. The summed E-state index contributed by atoms with van der Waals surface area (Å²) in [5.41, 5.74) is 0.357. The molecule has 0 saturated carbocycles. The predicted octanol–water partition coefficient (Wildman–Crippen LogP) is 1.26. The van der Waals surface area contributed by atoms with Gasteiger partial charge in [0, 0.05) is 5.02 Å². The van der Waals surface area contributed by atoms with Crippen LogP contribution in [0.5, 0.6) is 0 Å². The maximum Gasteiger partial charge on any atom is 0.267 e. The molecular weight excluding hydrogens is 228 g/mol. The minimum Gasteiger partial charge on any atom is -0.387 e. The highest BCUT2D eigenvalue weighted by Gasteiger charge is 2.15. The molecule has 6 heteroatoms. The van der Waals surface area contributed by atoms with Crippen molar-refractivity contribution in [2.24, 2.45) is 0 Å². The highest BCUT2D eigenvalue weighted by Crippen LogP contribution is 2.18. The Bertz CT molecular complexity index is 415. The second-order valence-corrected chi connectivity index (χ2v) is 4.75. The van der Waals surface area contributed by atoms with Crippen molar-refractivity contribution in [3.05, 3.63) is 34.9 Å². The van der Waals surface area contributed by atoms with E-state index in [0.29, 0.717) is 10.6 Å².